The van der Waals surface area contributed by atoms with Crippen molar-refractivity contribution in [2.45, 2.75) is 19.3 Å². The Morgan fingerprint density at radius 3 is 3.06 bits per heavy atom. The quantitative estimate of drug-likeness (QED) is 0.880. The molecule has 1 aromatic carbocycles. The fraction of sp³-hybridized carbons (Fsp3) is 0.462. The Morgan fingerprint density at radius 2 is 2.28 bits per heavy atom. The molecule has 1 aromatic rings. The van der Waals surface area contributed by atoms with Crippen molar-refractivity contribution in [3.05, 3.63) is 23.8 Å². The molecule has 0 aliphatic carbocycles. The van der Waals surface area contributed by atoms with Crippen molar-refractivity contribution in [1.82, 2.24) is 5.32 Å². The van der Waals surface area contributed by atoms with E-state index in [1.165, 1.54) is 5.56 Å². The maximum Gasteiger partial charge on any atom is 0.225 e. The molecule has 0 atom stereocenters. The van der Waals surface area contributed by atoms with Crippen molar-refractivity contribution in [2.75, 3.05) is 25.5 Å². The van der Waals surface area contributed by atoms with Crippen LogP contribution in [0, 0.1) is 0 Å². The van der Waals surface area contributed by atoms with Crippen LogP contribution in [0.3, 0.4) is 0 Å². The van der Waals surface area contributed by atoms with Gasteiger partial charge in [-0.3, -0.25) is 4.79 Å². The van der Waals surface area contributed by atoms with Crippen molar-refractivity contribution in [1.29, 1.82) is 0 Å². The summed E-state index contributed by atoms with van der Waals surface area (Å²) in [6.45, 7) is 1.49. The van der Waals surface area contributed by atoms with Gasteiger partial charge in [0, 0.05) is 18.7 Å². The molecular formula is C13H19ClN2O2. The first kappa shape index (κ1) is 14.8. The highest BCUT2D eigenvalue weighted by molar-refractivity contribution is 5.91. The molecule has 0 saturated heterocycles. The minimum absolute atomic E-state index is 0. The molecule has 0 saturated carbocycles. The van der Waals surface area contributed by atoms with Crippen LogP contribution >= 0.6 is 12.4 Å². The van der Waals surface area contributed by atoms with Gasteiger partial charge >= 0.3 is 0 Å². The standard InChI is InChI=1S/C13H18N2O2.ClH/c1-14-7-6-13(16)15-11-4-5-12-10(9-11)3-2-8-17-12;/h4-5,9,14H,2-3,6-8H2,1H3,(H,15,16);1H. The first-order valence-electron chi connectivity index (χ1n) is 6.00. The molecule has 18 heavy (non-hydrogen) atoms. The third kappa shape index (κ3) is 3.89. The normalized spacial score (nSPS) is 12.9. The molecule has 4 nitrogen and oxygen atoms in total. The smallest absolute Gasteiger partial charge is 0.225 e. The zero-order valence-electron chi connectivity index (χ0n) is 10.5. The van der Waals surface area contributed by atoms with Gasteiger partial charge in [-0.15, -0.1) is 12.4 Å². The third-order valence-electron chi connectivity index (χ3n) is 2.79. The summed E-state index contributed by atoms with van der Waals surface area (Å²) in [6.07, 6.45) is 2.56. The van der Waals surface area contributed by atoms with E-state index in [0.717, 1.165) is 30.9 Å². The number of halogens is 1. The molecule has 0 bridgehead atoms. The fourth-order valence-electron chi connectivity index (χ4n) is 1.90. The number of benzene rings is 1. The van der Waals surface area contributed by atoms with E-state index < -0.39 is 0 Å². The van der Waals surface area contributed by atoms with E-state index in [2.05, 4.69) is 10.6 Å². The highest BCUT2D eigenvalue weighted by atomic mass is 35.5. The summed E-state index contributed by atoms with van der Waals surface area (Å²) < 4.78 is 5.53. The van der Waals surface area contributed by atoms with Crippen LogP contribution in [0.2, 0.25) is 0 Å². The predicted octanol–water partition coefficient (Wildman–Crippen LogP) is 1.98. The lowest BCUT2D eigenvalue weighted by Crippen LogP contribution is -2.19. The zero-order chi connectivity index (χ0) is 12.1. The maximum absolute atomic E-state index is 11.6. The summed E-state index contributed by atoms with van der Waals surface area (Å²) in [7, 11) is 1.84. The van der Waals surface area contributed by atoms with E-state index in [1.807, 2.05) is 25.2 Å². The molecule has 1 heterocycles. The molecule has 0 unspecified atom stereocenters. The number of rotatable bonds is 4. The summed E-state index contributed by atoms with van der Waals surface area (Å²) in [6, 6.07) is 5.83. The van der Waals surface area contributed by atoms with Crippen LogP contribution in [0.5, 0.6) is 5.75 Å². The molecule has 5 heteroatoms. The summed E-state index contributed by atoms with van der Waals surface area (Å²) in [5.41, 5.74) is 2.04. The lowest BCUT2D eigenvalue weighted by Gasteiger charge is -2.18. The first-order valence-corrected chi connectivity index (χ1v) is 6.00. The van der Waals surface area contributed by atoms with E-state index in [9.17, 15) is 4.79 Å². The molecule has 0 radical (unpaired) electrons. The lowest BCUT2D eigenvalue weighted by molar-refractivity contribution is -0.116. The number of carbonyl (C=O) groups is 1. The maximum atomic E-state index is 11.6. The van der Waals surface area contributed by atoms with Crippen LogP contribution in [-0.4, -0.2) is 26.1 Å². The van der Waals surface area contributed by atoms with Crippen molar-refractivity contribution in [3.8, 4) is 5.75 Å². The molecule has 1 aliphatic rings. The largest absolute Gasteiger partial charge is 0.493 e. The Labute approximate surface area is 114 Å². The van der Waals surface area contributed by atoms with Gasteiger partial charge in [-0.05, 0) is 43.7 Å². The minimum atomic E-state index is 0. The van der Waals surface area contributed by atoms with Gasteiger partial charge in [0.15, 0.2) is 0 Å². The molecule has 2 rings (SSSR count). The number of nitrogens with one attached hydrogen (secondary N) is 2. The van der Waals surface area contributed by atoms with E-state index in [0.29, 0.717) is 13.0 Å². The molecule has 1 aliphatic heterocycles. The highest BCUT2D eigenvalue weighted by Gasteiger charge is 2.11. The van der Waals surface area contributed by atoms with Gasteiger partial charge in [-0.25, -0.2) is 0 Å². The summed E-state index contributed by atoms with van der Waals surface area (Å²) in [5, 5.41) is 5.85. The SMILES string of the molecule is CNCCC(=O)Nc1ccc2c(c1)CCCO2.Cl. The van der Waals surface area contributed by atoms with Crippen LogP contribution in [0.25, 0.3) is 0 Å². The van der Waals surface area contributed by atoms with Crippen LogP contribution in [0.4, 0.5) is 5.69 Å². The monoisotopic (exact) mass is 270 g/mol. The molecule has 0 spiro atoms. The third-order valence-corrected chi connectivity index (χ3v) is 2.79. The molecule has 100 valence electrons. The molecular weight excluding hydrogens is 252 g/mol. The topological polar surface area (TPSA) is 50.4 Å². The van der Waals surface area contributed by atoms with Crippen molar-refractivity contribution >= 4 is 24.0 Å². The van der Waals surface area contributed by atoms with Crippen molar-refractivity contribution < 1.29 is 9.53 Å². The van der Waals surface area contributed by atoms with Crippen LogP contribution in [0.1, 0.15) is 18.4 Å². The number of fused-ring (bicyclic) bond motifs is 1. The van der Waals surface area contributed by atoms with Gasteiger partial charge in [-0.1, -0.05) is 0 Å². The summed E-state index contributed by atoms with van der Waals surface area (Å²) in [4.78, 5) is 11.6. The van der Waals surface area contributed by atoms with E-state index in [1.54, 1.807) is 0 Å². The minimum Gasteiger partial charge on any atom is -0.493 e. The Kier molecular flexibility index (Phi) is 5.95. The average molecular weight is 271 g/mol. The second-order valence-electron chi connectivity index (χ2n) is 4.18. The van der Waals surface area contributed by atoms with E-state index >= 15 is 0 Å². The fourth-order valence-corrected chi connectivity index (χ4v) is 1.90. The van der Waals surface area contributed by atoms with Crippen molar-refractivity contribution in [3.63, 3.8) is 0 Å². The number of anilines is 1. The summed E-state index contributed by atoms with van der Waals surface area (Å²) in [5.74, 6) is 0.987. The number of aryl methyl sites for hydroxylation is 1. The molecule has 0 fully saturated rings. The van der Waals surface area contributed by atoms with Gasteiger partial charge < -0.3 is 15.4 Å². The Morgan fingerprint density at radius 1 is 1.44 bits per heavy atom. The average Bonchev–Trinajstić information content (AvgIpc) is 2.36. The van der Waals surface area contributed by atoms with Gasteiger partial charge in [0.1, 0.15) is 5.75 Å². The second-order valence-corrected chi connectivity index (χ2v) is 4.18. The number of amides is 1. The Bertz CT molecular complexity index is 410. The van der Waals surface area contributed by atoms with Crippen LogP contribution in [-0.2, 0) is 11.2 Å². The Balaban J connectivity index is 0.00000162. The number of hydrogen-bond donors (Lipinski definition) is 2. The highest BCUT2D eigenvalue weighted by Crippen LogP contribution is 2.27. The predicted molar refractivity (Wildman–Crippen MR) is 74.7 cm³/mol. The van der Waals surface area contributed by atoms with E-state index in [-0.39, 0.29) is 18.3 Å². The molecule has 0 aromatic heterocycles. The number of carbonyl (C=O) groups excluding carboxylic acids is 1. The lowest BCUT2D eigenvalue weighted by atomic mass is 10.1. The zero-order valence-corrected chi connectivity index (χ0v) is 11.3. The van der Waals surface area contributed by atoms with Gasteiger partial charge in [0.25, 0.3) is 0 Å². The van der Waals surface area contributed by atoms with Crippen LogP contribution < -0.4 is 15.4 Å². The molecule has 1 amide bonds. The van der Waals surface area contributed by atoms with Gasteiger partial charge in [-0.2, -0.15) is 0 Å². The van der Waals surface area contributed by atoms with Crippen molar-refractivity contribution in [2.24, 2.45) is 0 Å². The Hall–Kier alpha value is -1.26. The first-order chi connectivity index (χ1) is 8.29. The van der Waals surface area contributed by atoms with E-state index in [4.69, 9.17) is 4.74 Å². The number of hydrogen-bond acceptors (Lipinski definition) is 3. The van der Waals surface area contributed by atoms with Gasteiger partial charge in [0.05, 0.1) is 6.61 Å². The number of ether oxygens (including phenoxy) is 1. The summed E-state index contributed by atoms with van der Waals surface area (Å²) >= 11 is 0. The molecule has 2 N–H and O–H groups in total. The van der Waals surface area contributed by atoms with Gasteiger partial charge in [0.2, 0.25) is 5.91 Å². The second kappa shape index (κ2) is 7.24. The van der Waals surface area contributed by atoms with Crippen LogP contribution in [0.15, 0.2) is 18.2 Å².